The second kappa shape index (κ2) is 5.20. The lowest BCUT2D eigenvalue weighted by atomic mass is 10.0. The Kier molecular flexibility index (Phi) is 3.86. The molecule has 6 heteroatoms. The second-order valence-corrected chi connectivity index (χ2v) is 5.31. The van der Waals surface area contributed by atoms with Crippen molar-refractivity contribution < 1.29 is 8.78 Å². The van der Waals surface area contributed by atoms with E-state index in [-0.39, 0.29) is 16.5 Å². The Morgan fingerprint density at radius 2 is 2.18 bits per heavy atom. The number of benzene rings is 1. The van der Waals surface area contributed by atoms with Crippen LogP contribution in [0.5, 0.6) is 0 Å². The minimum atomic E-state index is -0.593. The van der Waals surface area contributed by atoms with E-state index in [0.29, 0.717) is 0 Å². The van der Waals surface area contributed by atoms with Crippen LogP contribution < -0.4 is 5.73 Å². The molecule has 0 saturated carbocycles. The highest BCUT2D eigenvalue weighted by Crippen LogP contribution is 2.26. The summed E-state index contributed by atoms with van der Waals surface area (Å²) in [7, 11) is 0. The third kappa shape index (κ3) is 2.70. The molecule has 1 aromatic carbocycles. The fraction of sp³-hybridized carbons (Fsp3) is 0.182. The van der Waals surface area contributed by atoms with Crippen LogP contribution >= 0.6 is 27.3 Å². The first-order chi connectivity index (χ1) is 8.09. The van der Waals surface area contributed by atoms with Crippen LogP contribution in [0.3, 0.4) is 0 Å². The Morgan fingerprint density at radius 1 is 1.41 bits per heavy atom. The summed E-state index contributed by atoms with van der Waals surface area (Å²) in [5, 5.41) is 0. The van der Waals surface area contributed by atoms with Gasteiger partial charge in [0.25, 0.3) is 0 Å². The van der Waals surface area contributed by atoms with Crippen molar-refractivity contribution in [2.45, 2.75) is 12.5 Å². The number of aromatic nitrogens is 1. The molecule has 1 atom stereocenters. The highest BCUT2D eigenvalue weighted by Gasteiger charge is 2.17. The molecule has 0 aliphatic carbocycles. The number of rotatable bonds is 3. The predicted molar refractivity (Wildman–Crippen MR) is 66.8 cm³/mol. The molecule has 0 aliphatic heterocycles. The summed E-state index contributed by atoms with van der Waals surface area (Å²) in [6.45, 7) is 0. The van der Waals surface area contributed by atoms with E-state index in [1.165, 1.54) is 23.5 Å². The lowest BCUT2D eigenvalue weighted by Crippen LogP contribution is -2.14. The molecule has 0 fully saturated rings. The number of nitrogens with zero attached hydrogens (tertiary/aromatic N) is 1. The van der Waals surface area contributed by atoms with Crippen molar-refractivity contribution in [3.05, 3.63) is 50.4 Å². The number of hydrogen-bond donors (Lipinski definition) is 1. The zero-order valence-corrected chi connectivity index (χ0v) is 11.1. The van der Waals surface area contributed by atoms with E-state index in [0.717, 1.165) is 4.88 Å². The molecule has 2 aromatic rings. The minimum absolute atomic E-state index is 0.000255. The largest absolute Gasteiger partial charge is 0.323 e. The van der Waals surface area contributed by atoms with Gasteiger partial charge in [-0.3, -0.25) is 4.98 Å². The summed E-state index contributed by atoms with van der Waals surface area (Å²) in [6, 6.07) is 2.12. The van der Waals surface area contributed by atoms with E-state index in [1.807, 2.05) is 0 Å². The average Bonchev–Trinajstić information content (AvgIpc) is 2.83. The molecule has 90 valence electrons. The topological polar surface area (TPSA) is 38.9 Å². The van der Waals surface area contributed by atoms with E-state index in [4.69, 9.17) is 5.73 Å². The van der Waals surface area contributed by atoms with Crippen molar-refractivity contribution in [1.29, 1.82) is 0 Å². The fourth-order valence-corrected chi connectivity index (χ4v) is 2.48. The molecule has 1 unspecified atom stereocenters. The summed E-state index contributed by atoms with van der Waals surface area (Å²) in [6.07, 6.45) is 1.72. The van der Waals surface area contributed by atoms with E-state index < -0.39 is 17.7 Å². The summed E-state index contributed by atoms with van der Waals surface area (Å²) < 4.78 is 27.5. The predicted octanol–water partition coefficient (Wildman–Crippen LogP) is 3.43. The molecule has 0 saturated heterocycles. The molecule has 0 aliphatic rings. The molecule has 2 rings (SSSR count). The van der Waals surface area contributed by atoms with Crippen molar-refractivity contribution in [1.82, 2.24) is 4.98 Å². The van der Waals surface area contributed by atoms with E-state index in [1.54, 1.807) is 11.7 Å². The van der Waals surface area contributed by atoms with Gasteiger partial charge in [0.1, 0.15) is 11.6 Å². The number of hydrogen-bond acceptors (Lipinski definition) is 3. The van der Waals surface area contributed by atoms with Crippen LogP contribution in [0.4, 0.5) is 8.78 Å². The zero-order chi connectivity index (χ0) is 12.4. The Balaban J connectivity index is 2.27. The summed E-state index contributed by atoms with van der Waals surface area (Å²) in [4.78, 5) is 4.70. The van der Waals surface area contributed by atoms with Crippen LogP contribution in [0, 0.1) is 11.6 Å². The van der Waals surface area contributed by atoms with Crippen LogP contribution in [-0.4, -0.2) is 4.98 Å². The lowest BCUT2D eigenvalue weighted by Gasteiger charge is -2.11. The third-order valence-corrected chi connectivity index (χ3v) is 3.90. The summed E-state index contributed by atoms with van der Waals surface area (Å²) in [5.74, 6) is -1.17. The van der Waals surface area contributed by atoms with E-state index in [9.17, 15) is 8.78 Å². The molecule has 2 N–H and O–H groups in total. The molecule has 1 aromatic heterocycles. The quantitative estimate of drug-likeness (QED) is 0.881. The second-order valence-electron chi connectivity index (χ2n) is 3.54. The van der Waals surface area contributed by atoms with Gasteiger partial charge >= 0.3 is 0 Å². The monoisotopic (exact) mass is 318 g/mol. The molecular formula is C11H9BrF2N2S. The van der Waals surface area contributed by atoms with Crippen LogP contribution in [0.25, 0.3) is 0 Å². The van der Waals surface area contributed by atoms with Gasteiger partial charge in [0.2, 0.25) is 0 Å². The Morgan fingerprint density at radius 3 is 2.82 bits per heavy atom. The third-order valence-electron chi connectivity index (χ3n) is 2.38. The van der Waals surface area contributed by atoms with Crippen LogP contribution in [0.15, 0.2) is 28.3 Å². The Bertz CT molecular complexity index is 516. The maximum Gasteiger partial charge on any atom is 0.143 e. The molecule has 17 heavy (non-hydrogen) atoms. The Hall–Kier alpha value is -0.850. The van der Waals surface area contributed by atoms with Crippen molar-refractivity contribution in [2.24, 2.45) is 5.73 Å². The summed E-state index contributed by atoms with van der Waals surface area (Å²) in [5.41, 5.74) is 7.52. The lowest BCUT2D eigenvalue weighted by molar-refractivity contribution is 0.537. The van der Waals surface area contributed by atoms with Gasteiger partial charge in [0.05, 0.1) is 9.98 Å². The fourth-order valence-electron chi connectivity index (χ4n) is 1.49. The van der Waals surface area contributed by atoms with Gasteiger partial charge < -0.3 is 5.73 Å². The highest BCUT2D eigenvalue weighted by atomic mass is 79.9. The van der Waals surface area contributed by atoms with Crippen molar-refractivity contribution in [3.8, 4) is 0 Å². The molecule has 0 bridgehead atoms. The normalized spacial score (nSPS) is 12.7. The van der Waals surface area contributed by atoms with Crippen LogP contribution in [-0.2, 0) is 6.42 Å². The number of nitrogens with two attached hydrogens (primary N) is 1. The minimum Gasteiger partial charge on any atom is -0.323 e. The smallest absolute Gasteiger partial charge is 0.143 e. The van der Waals surface area contributed by atoms with Gasteiger partial charge in [-0.15, -0.1) is 11.3 Å². The first kappa shape index (κ1) is 12.6. The van der Waals surface area contributed by atoms with Crippen LogP contribution in [0.2, 0.25) is 0 Å². The maximum atomic E-state index is 13.7. The summed E-state index contributed by atoms with van der Waals surface area (Å²) >= 11 is 4.40. The van der Waals surface area contributed by atoms with Gasteiger partial charge in [-0.2, -0.15) is 0 Å². The van der Waals surface area contributed by atoms with E-state index in [2.05, 4.69) is 20.9 Å². The van der Waals surface area contributed by atoms with Gasteiger partial charge in [0, 0.05) is 22.7 Å². The molecule has 1 heterocycles. The molecular weight excluding hydrogens is 310 g/mol. The Labute approximate surface area is 110 Å². The first-order valence-electron chi connectivity index (χ1n) is 4.86. The molecule has 0 spiro atoms. The maximum absolute atomic E-state index is 13.7. The number of thiazole rings is 1. The standard InChI is InChI=1S/C11H9BrF2N2S/c12-7-1-2-8(13)6(11(7)14)3-9(15)10-4-16-5-17-10/h1-2,4-5,9H,3,15H2. The highest BCUT2D eigenvalue weighted by molar-refractivity contribution is 9.10. The van der Waals surface area contributed by atoms with Gasteiger partial charge in [-0.1, -0.05) is 0 Å². The zero-order valence-electron chi connectivity index (χ0n) is 8.66. The molecule has 0 radical (unpaired) electrons. The van der Waals surface area contributed by atoms with Crippen molar-refractivity contribution >= 4 is 27.3 Å². The van der Waals surface area contributed by atoms with Gasteiger partial charge in [-0.25, -0.2) is 8.78 Å². The molecule has 0 amide bonds. The van der Waals surface area contributed by atoms with E-state index >= 15 is 0 Å². The number of halogens is 3. The van der Waals surface area contributed by atoms with Gasteiger partial charge in [-0.05, 0) is 34.5 Å². The first-order valence-corrected chi connectivity index (χ1v) is 6.53. The van der Waals surface area contributed by atoms with Crippen molar-refractivity contribution in [3.63, 3.8) is 0 Å². The molecule has 2 nitrogen and oxygen atoms in total. The van der Waals surface area contributed by atoms with Crippen LogP contribution in [0.1, 0.15) is 16.5 Å². The van der Waals surface area contributed by atoms with Crippen molar-refractivity contribution in [2.75, 3.05) is 0 Å². The van der Waals surface area contributed by atoms with Gasteiger partial charge in [0.15, 0.2) is 0 Å². The SMILES string of the molecule is NC(Cc1c(F)ccc(Br)c1F)c1cncs1. The average molecular weight is 319 g/mol.